The van der Waals surface area contributed by atoms with Gasteiger partial charge in [-0.2, -0.15) is 0 Å². The van der Waals surface area contributed by atoms with Crippen molar-refractivity contribution in [3.8, 4) is 0 Å². The van der Waals surface area contributed by atoms with Crippen LogP contribution in [0.25, 0.3) is 0 Å². The van der Waals surface area contributed by atoms with Gasteiger partial charge in [-0.15, -0.1) is 0 Å². The lowest BCUT2D eigenvalue weighted by molar-refractivity contribution is -0.135. The number of carbonyl (C=O) groups is 2. The molecule has 0 unspecified atom stereocenters. The molecule has 0 saturated carbocycles. The lowest BCUT2D eigenvalue weighted by Gasteiger charge is -2.34. The first-order valence-corrected chi connectivity index (χ1v) is 6.38. The molecule has 0 bridgehead atoms. The van der Waals surface area contributed by atoms with E-state index < -0.39 is 25.4 Å². The van der Waals surface area contributed by atoms with E-state index in [9.17, 15) is 9.59 Å². The minimum Gasteiger partial charge on any atom is -0.394 e. The number of hydrogen-bond donors (Lipinski definition) is 4. The first-order valence-electron chi connectivity index (χ1n) is 6.38. The van der Waals surface area contributed by atoms with Crippen LogP contribution in [-0.4, -0.2) is 70.5 Å². The first kappa shape index (κ1) is 15.9. The summed E-state index contributed by atoms with van der Waals surface area (Å²) in [5.74, 6) is -0.575. The average Bonchev–Trinajstić information content (AvgIpc) is 2.45. The van der Waals surface area contributed by atoms with Crippen molar-refractivity contribution < 1.29 is 24.9 Å². The smallest absolute Gasteiger partial charge is 0.223 e. The van der Waals surface area contributed by atoms with Crippen LogP contribution in [0.2, 0.25) is 0 Å². The van der Waals surface area contributed by atoms with Gasteiger partial charge < -0.3 is 25.5 Å². The van der Waals surface area contributed by atoms with Crippen LogP contribution < -0.4 is 5.32 Å². The standard InChI is InChI=1S/C12H22N2O5/c1-9(18)14-4-2-10(3-5-14)11(19)13-12(6-15,7-16)8-17/h10,15-17H,2-8H2,1H3,(H,13,19). The zero-order valence-corrected chi connectivity index (χ0v) is 11.1. The number of carbonyl (C=O) groups excluding carboxylic acids is 2. The van der Waals surface area contributed by atoms with E-state index in [1.807, 2.05) is 0 Å². The molecule has 7 nitrogen and oxygen atoms in total. The van der Waals surface area contributed by atoms with Gasteiger partial charge in [-0.3, -0.25) is 9.59 Å². The Labute approximate surface area is 112 Å². The molecule has 1 rings (SSSR count). The third-order valence-electron chi connectivity index (χ3n) is 3.61. The summed E-state index contributed by atoms with van der Waals surface area (Å²) in [6.07, 6.45) is 1.09. The molecule has 1 fully saturated rings. The number of nitrogens with one attached hydrogen (secondary N) is 1. The molecule has 110 valence electrons. The second kappa shape index (κ2) is 6.83. The molecule has 1 aliphatic rings. The number of aliphatic hydroxyl groups excluding tert-OH is 3. The largest absolute Gasteiger partial charge is 0.394 e. The van der Waals surface area contributed by atoms with Gasteiger partial charge in [0.1, 0.15) is 5.54 Å². The van der Waals surface area contributed by atoms with E-state index in [2.05, 4.69) is 5.32 Å². The normalized spacial score (nSPS) is 17.4. The Balaban J connectivity index is 2.53. The molecule has 4 N–H and O–H groups in total. The van der Waals surface area contributed by atoms with Crippen LogP contribution in [0.15, 0.2) is 0 Å². The third-order valence-corrected chi connectivity index (χ3v) is 3.61. The molecule has 7 heteroatoms. The maximum absolute atomic E-state index is 12.0. The molecule has 2 amide bonds. The first-order chi connectivity index (χ1) is 8.98. The van der Waals surface area contributed by atoms with Gasteiger partial charge in [-0.1, -0.05) is 0 Å². The second-order valence-electron chi connectivity index (χ2n) is 5.02. The van der Waals surface area contributed by atoms with Crippen molar-refractivity contribution in [1.29, 1.82) is 0 Å². The van der Waals surface area contributed by atoms with Crippen LogP contribution >= 0.6 is 0 Å². The topological polar surface area (TPSA) is 110 Å². The Morgan fingerprint density at radius 3 is 2.00 bits per heavy atom. The molecule has 0 atom stereocenters. The van der Waals surface area contributed by atoms with Gasteiger partial charge in [-0.25, -0.2) is 0 Å². The number of amides is 2. The molecule has 0 aliphatic carbocycles. The van der Waals surface area contributed by atoms with Gasteiger partial charge in [0, 0.05) is 25.9 Å². The Kier molecular flexibility index (Phi) is 5.71. The maximum Gasteiger partial charge on any atom is 0.223 e. The molecule has 1 heterocycles. The molecule has 0 aromatic rings. The van der Waals surface area contributed by atoms with Gasteiger partial charge in [-0.05, 0) is 12.8 Å². The van der Waals surface area contributed by atoms with Crippen molar-refractivity contribution in [2.75, 3.05) is 32.9 Å². The van der Waals surface area contributed by atoms with Crippen molar-refractivity contribution in [1.82, 2.24) is 10.2 Å². The van der Waals surface area contributed by atoms with E-state index in [4.69, 9.17) is 15.3 Å². The summed E-state index contributed by atoms with van der Waals surface area (Å²) in [6, 6.07) is 0. The van der Waals surface area contributed by atoms with Gasteiger partial charge in [0.25, 0.3) is 0 Å². The SMILES string of the molecule is CC(=O)N1CCC(C(=O)NC(CO)(CO)CO)CC1. The van der Waals surface area contributed by atoms with E-state index in [1.165, 1.54) is 6.92 Å². The van der Waals surface area contributed by atoms with Crippen LogP contribution in [0.1, 0.15) is 19.8 Å². The number of rotatable bonds is 5. The quantitative estimate of drug-likeness (QED) is 0.467. The van der Waals surface area contributed by atoms with Crippen LogP contribution in [0.4, 0.5) is 0 Å². The highest BCUT2D eigenvalue weighted by Gasteiger charge is 2.34. The summed E-state index contributed by atoms with van der Waals surface area (Å²) >= 11 is 0. The minimum absolute atomic E-state index is 0.00530. The fourth-order valence-corrected chi connectivity index (χ4v) is 2.09. The highest BCUT2D eigenvalue weighted by molar-refractivity contribution is 5.80. The van der Waals surface area contributed by atoms with E-state index in [1.54, 1.807) is 4.90 Å². The third kappa shape index (κ3) is 3.89. The molecule has 0 aromatic heterocycles. The molecule has 0 spiro atoms. The number of aliphatic hydroxyl groups is 3. The predicted octanol–water partition coefficient (Wildman–Crippen LogP) is -1.92. The summed E-state index contributed by atoms with van der Waals surface area (Å²) in [4.78, 5) is 24.9. The monoisotopic (exact) mass is 274 g/mol. The number of piperidine rings is 1. The number of hydrogen-bond acceptors (Lipinski definition) is 5. The summed E-state index contributed by atoms with van der Waals surface area (Å²) in [6.45, 7) is 0.957. The van der Waals surface area contributed by atoms with Gasteiger partial charge in [0.15, 0.2) is 0 Å². The molecule has 0 aromatic carbocycles. The van der Waals surface area contributed by atoms with Gasteiger partial charge in [0.2, 0.25) is 11.8 Å². The Hall–Kier alpha value is -1.18. The molecule has 19 heavy (non-hydrogen) atoms. The van der Waals surface area contributed by atoms with E-state index >= 15 is 0 Å². The number of likely N-dealkylation sites (tertiary alicyclic amines) is 1. The number of nitrogens with zero attached hydrogens (tertiary/aromatic N) is 1. The van der Waals surface area contributed by atoms with Crippen LogP contribution in [0.5, 0.6) is 0 Å². The molecule has 1 saturated heterocycles. The van der Waals surface area contributed by atoms with Crippen LogP contribution in [0, 0.1) is 5.92 Å². The minimum atomic E-state index is -1.38. The predicted molar refractivity (Wildman–Crippen MR) is 67.1 cm³/mol. The van der Waals surface area contributed by atoms with E-state index in [0.717, 1.165) is 0 Å². The second-order valence-corrected chi connectivity index (χ2v) is 5.02. The van der Waals surface area contributed by atoms with Gasteiger partial charge >= 0.3 is 0 Å². The zero-order chi connectivity index (χ0) is 14.5. The molecular formula is C12H22N2O5. The van der Waals surface area contributed by atoms with Gasteiger partial charge in [0.05, 0.1) is 19.8 Å². The lowest BCUT2D eigenvalue weighted by Crippen LogP contribution is -2.59. The lowest BCUT2D eigenvalue weighted by atomic mass is 9.93. The van der Waals surface area contributed by atoms with Crippen molar-refractivity contribution in [3.63, 3.8) is 0 Å². The summed E-state index contributed by atoms with van der Waals surface area (Å²) in [7, 11) is 0. The van der Waals surface area contributed by atoms with Crippen LogP contribution in [-0.2, 0) is 9.59 Å². The Morgan fingerprint density at radius 2 is 1.63 bits per heavy atom. The molecular weight excluding hydrogens is 252 g/mol. The van der Waals surface area contributed by atoms with E-state index in [-0.39, 0.29) is 17.7 Å². The average molecular weight is 274 g/mol. The summed E-state index contributed by atoms with van der Waals surface area (Å²) < 4.78 is 0. The fraction of sp³-hybridized carbons (Fsp3) is 0.833. The van der Waals surface area contributed by atoms with Crippen molar-refractivity contribution in [2.24, 2.45) is 5.92 Å². The van der Waals surface area contributed by atoms with Crippen molar-refractivity contribution in [3.05, 3.63) is 0 Å². The Bertz CT molecular complexity index is 314. The molecule has 1 aliphatic heterocycles. The van der Waals surface area contributed by atoms with E-state index in [0.29, 0.717) is 25.9 Å². The maximum atomic E-state index is 12.0. The summed E-state index contributed by atoms with van der Waals surface area (Å²) in [5, 5.41) is 30.0. The highest BCUT2D eigenvalue weighted by atomic mass is 16.3. The molecule has 0 radical (unpaired) electrons. The fourth-order valence-electron chi connectivity index (χ4n) is 2.09. The zero-order valence-electron chi connectivity index (χ0n) is 11.1. The summed E-state index contributed by atoms with van der Waals surface area (Å²) in [5.41, 5.74) is -1.38. The highest BCUT2D eigenvalue weighted by Crippen LogP contribution is 2.18. The van der Waals surface area contributed by atoms with Crippen molar-refractivity contribution >= 4 is 11.8 Å². The van der Waals surface area contributed by atoms with Crippen LogP contribution in [0.3, 0.4) is 0 Å². The Morgan fingerprint density at radius 1 is 1.16 bits per heavy atom. The van der Waals surface area contributed by atoms with Crippen molar-refractivity contribution in [2.45, 2.75) is 25.3 Å².